The first-order valence-electron chi connectivity index (χ1n) is 30.3. The Labute approximate surface area is 518 Å². The summed E-state index contributed by atoms with van der Waals surface area (Å²) in [5.41, 5.74) is 15.7. The third kappa shape index (κ3) is 19.9. The Balaban J connectivity index is 0.000000190. The van der Waals surface area contributed by atoms with E-state index in [0.29, 0.717) is 43.5 Å². The van der Waals surface area contributed by atoms with Gasteiger partial charge in [0.1, 0.15) is 30.3 Å². The fourth-order valence-electron chi connectivity index (χ4n) is 11.4. The van der Waals surface area contributed by atoms with Gasteiger partial charge in [0.05, 0.1) is 18.8 Å². The maximum Gasteiger partial charge on any atom is 0.560 e. The van der Waals surface area contributed by atoms with E-state index in [9.17, 15) is 66.9 Å². The van der Waals surface area contributed by atoms with Gasteiger partial charge in [-0.2, -0.15) is 4.79 Å². The van der Waals surface area contributed by atoms with Gasteiger partial charge in [-0.05, 0) is 134 Å². The first-order valence-corrected chi connectivity index (χ1v) is 30.3. The number of nitrogens with zero attached hydrogens (tertiary/aromatic N) is 3. The molecule has 9 amide bonds. The highest BCUT2D eigenvalue weighted by Gasteiger charge is 2.39. The number of piperidine rings is 2. The number of aliphatic hydroxyl groups excluding tert-OH is 3. The van der Waals surface area contributed by atoms with Crippen LogP contribution in [0.2, 0.25) is 0 Å². The molecule has 484 valence electrons. The number of carbonyl (C=O) groups excluding carboxylic acids is 10. The smallest absolute Gasteiger partial charge is 0.445 e. The highest BCUT2D eigenvalue weighted by atomic mass is 19.1. The molecule has 10 rings (SSSR count). The van der Waals surface area contributed by atoms with Crippen LogP contribution in [0.15, 0.2) is 97.1 Å². The molecule has 0 spiro atoms. The Morgan fingerprint density at radius 3 is 1.28 bits per heavy atom. The van der Waals surface area contributed by atoms with Crippen molar-refractivity contribution in [1.29, 1.82) is 0 Å². The fraction of sp³-hybridized carbons (Fsp3) is 0.469. The number of hydroxylamine groups is 4. The summed E-state index contributed by atoms with van der Waals surface area (Å²) in [6, 6.07) is 24.1. The van der Waals surface area contributed by atoms with Gasteiger partial charge in [-0.25, -0.2) is 13.6 Å². The molecule has 4 aliphatic heterocycles. The molecular weight excluding hydrogens is 1170 g/mol. The summed E-state index contributed by atoms with van der Waals surface area (Å²) in [6.45, 7) is 3.07. The topological polar surface area (TPSA) is 357 Å². The molecule has 10 N–H and O–H groups in total. The van der Waals surface area contributed by atoms with Gasteiger partial charge in [0.25, 0.3) is 23.6 Å². The molecule has 24 nitrogen and oxygen atoms in total. The normalized spacial score (nSPS) is 21.0. The molecule has 26 heteroatoms. The average molecular weight is 1250 g/mol. The minimum absolute atomic E-state index is 0.0210. The molecule has 2 aliphatic carbocycles. The summed E-state index contributed by atoms with van der Waals surface area (Å²) in [6.07, 6.45) is 7.51. The summed E-state index contributed by atoms with van der Waals surface area (Å²) >= 11 is 0. The molecule has 0 radical (unpaired) electrons. The Morgan fingerprint density at radius 1 is 0.533 bits per heavy atom. The molecule has 6 aliphatic rings. The number of likely N-dealkylation sites (tertiary alicyclic amines) is 1. The quantitative estimate of drug-likeness (QED) is 0.0684. The number of aliphatic hydroxyl groups is 3. The lowest BCUT2D eigenvalue weighted by Crippen LogP contribution is -2.42. The van der Waals surface area contributed by atoms with Crippen molar-refractivity contribution in [1.82, 2.24) is 31.0 Å². The van der Waals surface area contributed by atoms with Crippen molar-refractivity contribution in [3.05, 3.63) is 142 Å². The Kier molecular flexibility index (Phi) is 25.8. The Hall–Kier alpha value is -8.72. The first-order chi connectivity index (χ1) is 43.2. The lowest BCUT2D eigenvalue weighted by atomic mass is 9.74. The number of ether oxygens (including phenoxy) is 1. The molecule has 4 heterocycles. The standard InChI is InChI=1S/C28H34FN3O5.C22H25FN2O3.C9H8N2O7.C5H11NO/c29-21-11-9-20(10-12-21)25(26(30)34)31-27(35)24-4-2-1-3-23(24)19-7-5-18(6-8-19)17-37-28(36)32-15-13-22(33)14-16-32;23-17-11-9-16(10-12-17)20(21(24)27)25-22(28)19-4-2-1-3-18(19)15-7-5-14(13-26)6-8-15;12-5-1-2-6(13)10(5)17-9(16)18-11-7(14)3-4-8(11)15;7-5-1-3-6-4-2-5/h5-12,22-25,33H,1-4,13-17H2,(H2,30,34)(H,31,35);5-12,18-20,26H,1-4,13H2,(H2,24,27)(H,25,28);1-4H2;5-7H,1-4H2/t23-,24+,25-;18-,19+,20-;;/m00../s1. The van der Waals surface area contributed by atoms with Crippen molar-refractivity contribution in [2.45, 2.75) is 152 Å². The van der Waals surface area contributed by atoms with Crippen molar-refractivity contribution in [3.63, 3.8) is 0 Å². The SMILES string of the molecule is NC(=O)[C@@H](NC(=O)[C@@H]1CCCC[C@H]1c1ccc(CO)cc1)c1ccc(F)cc1.NC(=O)[C@@H](NC(=O)[C@@H]1CCCC[C@H]1c1ccc(COC(=O)N2CCC(O)CC2)cc1)c1ccc(F)cc1.O=C(ON1C(=O)CCC1=O)ON1C(=O)CCC1=O.OC1CCNCC1. The highest BCUT2D eigenvalue weighted by molar-refractivity contribution is 6.02. The van der Waals surface area contributed by atoms with E-state index in [1.54, 1.807) is 4.90 Å². The minimum Gasteiger partial charge on any atom is -0.445 e. The number of hydrogen-bond acceptors (Lipinski definition) is 17. The number of imide groups is 2. The van der Waals surface area contributed by atoms with Crippen LogP contribution in [-0.4, -0.2) is 128 Å². The third-order valence-corrected chi connectivity index (χ3v) is 16.5. The van der Waals surface area contributed by atoms with Crippen molar-refractivity contribution in [3.8, 4) is 0 Å². The van der Waals surface area contributed by atoms with Gasteiger partial charge >= 0.3 is 12.2 Å². The predicted octanol–water partition coefficient (Wildman–Crippen LogP) is 5.47. The van der Waals surface area contributed by atoms with E-state index in [0.717, 1.165) is 93.1 Å². The second-order valence-corrected chi connectivity index (χ2v) is 22.8. The van der Waals surface area contributed by atoms with Crippen LogP contribution in [-0.2, 0) is 66.0 Å². The highest BCUT2D eigenvalue weighted by Crippen LogP contribution is 2.40. The van der Waals surface area contributed by atoms with Crippen LogP contribution < -0.4 is 27.4 Å². The molecule has 6 atom stereocenters. The second kappa shape index (κ2) is 33.7. The van der Waals surface area contributed by atoms with E-state index >= 15 is 0 Å². The Morgan fingerprint density at radius 2 is 0.911 bits per heavy atom. The van der Waals surface area contributed by atoms with Crippen molar-refractivity contribution < 1.29 is 86.5 Å². The van der Waals surface area contributed by atoms with E-state index in [2.05, 4.69) is 25.6 Å². The molecule has 4 aromatic carbocycles. The van der Waals surface area contributed by atoms with Crippen LogP contribution >= 0.6 is 0 Å². The fourth-order valence-corrected chi connectivity index (χ4v) is 11.4. The molecule has 0 aromatic heterocycles. The number of primary amides is 2. The van der Waals surface area contributed by atoms with E-state index in [4.69, 9.17) is 21.3 Å². The molecule has 4 aromatic rings. The molecular formula is C64H78F2N8O16. The van der Waals surface area contributed by atoms with Gasteiger partial charge in [0, 0.05) is 50.6 Å². The van der Waals surface area contributed by atoms with Crippen LogP contribution in [0.5, 0.6) is 0 Å². The van der Waals surface area contributed by atoms with Gasteiger partial charge < -0.3 is 52.4 Å². The lowest BCUT2D eigenvalue weighted by Gasteiger charge is -2.32. The van der Waals surface area contributed by atoms with Crippen molar-refractivity contribution in [2.24, 2.45) is 23.3 Å². The zero-order valence-corrected chi connectivity index (χ0v) is 49.8. The van der Waals surface area contributed by atoms with Gasteiger partial charge in [-0.1, -0.05) is 109 Å². The number of hydrogen-bond donors (Lipinski definition) is 8. The largest absolute Gasteiger partial charge is 0.560 e. The average Bonchev–Trinajstić information content (AvgIpc) is 1.76. The predicted molar refractivity (Wildman–Crippen MR) is 316 cm³/mol. The van der Waals surface area contributed by atoms with Crippen LogP contribution in [0.25, 0.3) is 0 Å². The summed E-state index contributed by atoms with van der Waals surface area (Å²) in [7, 11) is 0. The van der Waals surface area contributed by atoms with Crippen LogP contribution in [0, 0.1) is 23.5 Å². The van der Waals surface area contributed by atoms with Crippen LogP contribution in [0.4, 0.5) is 18.4 Å². The van der Waals surface area contributed by atoms with Crippen molar-refractivity contribution in [2.75, 3.05) is 26.2 Å². The molecule has 2 saturated carbocycles. The second-order valence-electron chi connectivity index (χ2n) is 22.8. The van der Waals surface area contributed by atoms with E-state index in [-0.39, 0.29) is 103 Å². The van der Waals surface area contributed by atoms with Gasteiger partial charge in [-0.3, -0.25) is 48.0 Å². The van der Waals surface area contributed by atoms with E-state index in [1.807, 2.05) is 48.5 Å². The molecule has 0 bridgehead atoms. The Bertz CT molecular complexity index is 3050. The third-order valence-electron chi connectivity index (χ3n) is 16.5. The number of benzene rings is 4. The number of amides is 9. The number of halogens is 2. The van der Waals surface area contributed by atoms with E-state index < -0.39 is 65.3 Å². The number of nitrogens with two attached hydrogens (primary N) is 2. The summed E-state index contributed by atoms with van der Waals surface area (Å²) in [4.78, 5) is 128. The van der Waals surface area contributed by atoms with E-state index in [1.165, 1.54) is 48.5 Å². The maximum absolute atomic E-state index is 13.3. The van der Waals surface area contributed by atoms with Crippen LogP contribution in [0.1, 0.15) is 160 Å². The molecule has 0 unspecified atom stereocenters. The number of carbonyl (C=O) groups is 10. The molecule has 4 saturated heterocycles. The number of rotatable bonds is 15. The van der Waals surface area contributed by atoms with Crippen LogP contribution in [0.3, 0.4) is 0 Å². The van der Waals surface area contributed by atoms with Gasteiger partial charge in [-0.15, -0.1) is 0 Å². The maximum atomic E-state index is 13.3. The van der Waals surface area contributed by atoms with Gasteiger partial charge in [0.2, 0.25) is 23.6 Å². The monoisotopic (exact) mass is 1250 g/mol. The van der Waals surface area contributed by atoms with Gasteiger partial charge in [0.15, 0.2) is 0 Å². The molecule has 6 fully saturated rings. The minimum atomic E-state index is -1.48. The summed E-state index contributed by atoms with van der Waals surface area (Å²) < 4.78 is 31.9. The zero-order chi connectivity index (χ0) is 64.9. The number of nitrogens with one attached hydrogen (secondary N) is 3. The van der Waals surface area contributed by atoms with Crippen molar-refractivity contribution >= 4 is 59.5 Å². The zero-order valence-electron chi connectivity index (χ0n) is 49.8. The molecule has 90 heavy (non-hydrogen) atoms. The lowest BCUT2D eigenvalue weighted by molar-refractivity contribution is -0.198. The first kappa shape index (κ1) is 68.8. The summed E-state index contributed by atoms with van der Waals surface area (Å²) in [5, 5.41) is 36.9. The summed E-state index contributed by atoms with van der Waals surface area (Å²) in [5.74, 6) is -6.01.